The fourth-order valence-corrected chi connectivity index (χ4v) is 2.98. The van der Waals surface area contributed by atoms with Crippen molar-refractivity contribution in [3.63, 3.8) is 0 Å². The monoisotopic (exact) mass is 397 g/mol. The number of hydrogen-bond donors (Lipinski definition) is 0. The van der Waals surface area contributed by atoms with Crippen LogP contribution in [0.1, 0.15) is 28.8 Å². The molecule has 0 bridgehead atoms. The van der Waals surface area contributed by atoms with Gasteiger partial charge in [-0.05, 0) is 54.0 Å². The average Bonchev–Trinajstić information content (AvgIpc) is 2.40. The molecular formula is C14H15F3INO. The zero-order valence-electron chi connectivity index (χ0n) is 11.0. The van der Waals surface area contributed by atoms with Crippen LogP contribution < -0.4 is 0 Å². The molecule has 0 N–H and O–H groups in total. The molecule has 1 aromatic rings. The summed E-state index contributed by atoms with van der Waals surface area (Å²) in [6.45, 7) is 2.26. The molecule has 1 aliphatic heterocycles. The second-order valence-electron chi connectivity index (χ2n) is 5.04. The summed E-state index contributed by atoms with van der Waals surface area (Å²) in [4.78, 5) is 13.9. The van der Waals surface area contributed by atoms with Crippen LogP contribution in [0, 0.1) is 16.4 Å². The number of hydrogen-bond acceptors (Lipinski definition) is 1. The number of aryl methyl sites for hydroxylation is 1. The number of nitrogens with zero attached hydrogens (tertiary/aromatic N) is 1. The van der Waals surface area contributed by atoms with E-state index in [0.29, 0.717) is 5.56 Å². The molecule has 0 aliphatic carbocycles. The largest absolute Gasteiger partial charge is 0.391 e. The van der Waals surface area contributed by atoms with Crippen LogP contribution in [0.3, 0.4) is 0 Å². The van der Waals surface area contributed by atoms with E-state index >= 15 is 0 Å². The molecule has 110 valence electrons. The number of benzene rings is 1. The molecule has 2 rings (SSSR count). The Kier molecular flexibility index (Phi) is 4.61. The quantitative estimate of drug-likeness (QED) is 0.656. The Bertz CT molecular complexity index is 508. The minimum Gasteiger partial charge on any atom is -0.339 e. The lowest BCUT2D eigenvalue weighted by Crippen LogP contribution is -2.42. The number of likely N-dealkylation sites (tertiary alicyclic amines) is 1. The summed E-state index contributed by atoms with van der Waals surface area (Å²) < 4.78 is 38.7. The summed E-state index contributed by atoms with van der Waals surface area (Å²) in [6, 6.07) is 5.44. The molecule has 1 saturated heterocycles. The smallest absolute Gasteiger partial charge is 0.339 e. The lowest BCUT2D eigenvalue weighted by atomic mass is 9.95. The number of piperidine rings is 1. The topological polar surface area (TPSA) is 20.3 Å². The van der Waals surface area contributed by atoms with Gasteiger partial charge in [0.25, 0.3) is 5.91 Å². The summed E-state index contributed by atoms with van der Waals surface area (Å²) >= 11 is 2.11. The maximum Gasteiger partial charge on any atom is 0.391 e. The minimum absolute atomic E-state index is 0.00235. The Morgan fingerprint density at radius 2 is 1.90 bits per heavy atom. The van der Waals surface area contributed by atoms with Gasteiger partial charge in [-0.1, -0.05) is 12.1 Å². The predicted octanol–water partition coefficient (Wildman–Crippen LogP) is 4.01. The molecule has 0 unspecified atom stereocenters. The second-order valence-corrected chi connectivity index (χ2v) is 6.12. The number of carbonyl (C=O) groups excluding carboxylic acids is 1. The van der Waals surface area contributed by atoms with Gasteiger partial charge < -0.3 is 4.90 Å². The van der Waals surface area contributed by atoms with Gasteiger partial charge in [0.1, 0.15) is 0 Å². The third-order valence-electron chi connectivity index (χ3n) is 3.67. The molecule has 1 aromatic carbocycles. The van der Waals surface area contributed by atoms with Crippen molar-refractivity contribution < 1.29 is 18.0 Å². The molecule has 20 heavy (non-hydrogen) atoms. The predicted molar refractivity (Wildman–Crippen MR) is 78.6 cm³/mol. The summed E-state index contributed by atoms with van der Waals surface area (Å²) in [5.74, 6) is -1.44. The molecule has 0 spiro atoms. The highest BCUT2D eigenvalue weighted by atomic mass is 127. The van der Waals surface area contributed by atoms with Crippen molar-refractivity contribution in [2.45, 2.75) is 25.9 Å². The van der Waals surface area contributed by atoms with Crippen molar-refractivity contribution >= 4 is 28.5 Å². The molecule has 0 saturated carbocycles. The summed E-state index contributed by atoms with van der Waals surface area (Å²) in [5, 5.41) is 0. The number of alkyl halides is 3. The SMILES string of the molecule is Cc1cccc(C(=O)N2CCC(C(F)(F)F)CC2)c1I. The van der Waals surface area contributed by atoms with Gasteiger partial charge in [-0.15, -0.1) is 0 Å². The Hall–Kier alpha value is -0.790. The molecule has 1 fully saturated rings. The highest BCUT2D eigenvalue weighted by molar-refractivity contribution is 14.1. The van der Waals surface area contributed by atoms with Crippen molar-refractivity contribution in [1.82, 2.24) is 4.90 Å². The van der Waals surface area contributed by atoms with E-state index in [-0.39, 0.29) is 31.8 Å². The van der Waals surface area contributed by atoms with Gasteiger partial charge in [-0.2, -0.15) is 13.2 Å². The first-order chi connectivity index (χ1) is 9.30. The Labute approximate surface area is 129 Å². The van der Waals surface area contributed by atoms with Crippen LogP contribution >= 0.6 is 22.6 Å². The van der Waals surface area contributed by atoms with Gasteiger partial charge in [-0.3, -0.25) is 4.79 Å². The Morgan fingerprint density at radius 1 is 1.30 bits per heavy atom. The number of carbonyl (C=O) groups is 1. The van der Waals surface area contributed by atoms with Crippen LogP contribution in [0.25, 0.3) is 0 Å². The van der Waals surface area contributed by atoms with Crippen molar-refractivity contribution in [2.75, 3.05) is 13.1 Å². The average molecular weight is 397 g/mol. The Balaban J connectivity index is 2.07. The molecule has 0 atom stereocenters. The number of amides is 1. The van der Waals surface area contributed by atoms with Crippen LogP contribution in [-0.4, -0.2) is 30.1 Å². The van der Waals surface area contributed by atoms with Crippen molar-refractivity contribution in [3.8, 4) is 0 Å². The van der Waals surface area contributed by atoms with Crippen LogP contribution in [0.2, 0.25) is 0 Å². The van der Waals surface area contributed by atoms with Gasteiger partial charge in [0.2, 0.25) is 0 Å². The van der Waals surface area contributed by atoms with E-state index in [0.717, 1.165) is 9.13 Å². The van der Waals surface area contributed by atoms with Crippen LogP contribution in [0.15, 0.2) is 18.2 Å². The highest BCUT2D eigenvalue weighted by Crippen LogP contribution is 2.34. The lowest BCUT2D eigenvalue weighted by Gasteiger charge is -2.33. The number of halogens is 4. The third-order valence-corrected chi connectivity index (χ3v) is 5.10. The first-order valence-corrected chi connectivity index (χ1v) is 7.49. The maximum absolute atomic E-state index is 12.6. The molecule has 2 nitrogen and oxygen atoms in total. The molecule has 0 aromatic heterocycles. The van der Waals surface area contributed by atoms with Crippen LogP contribution in [0.4, 0.5) is 13.2 Å². The second kappa shape index (κ2) is 5.91. The standard InChI is InChI=1S/C14H15F3INO/c1-9-3-2-4-11(12(9)18)13(20)19-7-5-10(6-8-19)14(15,16)17/h2-4,10H,5-8H2,1H3. The zero-order chi connectivity index (χ0) is 14.9. The van der Waals surface area contributed by atoms with E-state index in [4.69, 9.17) is 0 Å². The molecule has 1 heterocycles. The fraction of sp³-hybridized carbons (Fsp3) is 0.500. The maximum atomic E-state index is 12.6. The van der Waals surface area contributed by atoms with Gasteiger partial charge in [0, 0.05) is 16.7 Å². The summed E-state index contributed by atoms with van der Waals surface area (Å²) in [7, 11) is 0. The van der Waals surface area contributed by atoms with E-state index in [9.17, 15) is 18.0 Å². The van der Waals surface area contributed by atoms with Gasteiger partial charge in [-0.25, -0.2) is 0 Å². The third kappa shape index (κ3) is 3.27. The highest BCUT2D eigenvalue weighted by Gasteiger charge is 2.41. The first-order valence-electron chi connectivity index (χ1n) is 6.42. The lowest BCUT2D eigenvalue weighted by molar-refractivity contribution is -0.183. The summed E-state index contributed by atoms with van der Waals surface area (Å²) in [5.41, 5.74) is 1.58. The number of rotatable bonds is 1. The van der Waals surface area contributed by atoms with Gasteiger partial charge >= 0.3 is 6.18 Å². The first kappa shape index (κ1) is 15.6. The normalized spacial score (nSPS) is 17.4. The van der Waals surface area contributed by atoms with E-state index in [1.165, 1.54) is 4.90 Å². The van der Waals surface area contributed by atoms with Crippen molar-refractivity contribution in [2.24, 2.45) is 5.92 Å². The molecular weight excluding hydrogens is 382 g/mol. The minimum atomic E-state index is -4.15. The van der Waals surface area contributed by atoms with Crippen LogP contribution in [0.5, 0.6) is 0 Å². The Morgan fingerprint density at radius 3 is 2.45 bits per heavy atom. The zero-order valence-corrected chi connectivity index (χ0v) is 13.2. The van der Waals surface area contributed by atoms with Gasteiger partial charge in [0.15, 0.2) is 0 Å². The van der Waals surface area contributed by atoms with Crippen LogP contribution in [-0.2, 0) is 0 Å². The fourth-order valence-electron chi connectivity index (χ4n) is 2.39. The molecule has 1 amide bonds. The van der Waals surface area contributed by atoms with E-state index in [2.05, 4.69) is 22.6 Å². The van der Waals surface area contributed by atoms with Crippen molar-refractivity contribution in [3.05, 3.63) is 32.9 Å². The van der Waals surface area contributed by atoms with E-state index < -0.39 is 12.1 Å². The van der Waals surface area contributed by atoms with E-state index in [1.54, 1.807) is 12.1 Å². The summed E-state index contributed by atoms with van der Waals surface area (Å²) in [6.07, 6.45) is -4.15. The van der Waals surface area contributed by atoms with E-state index in [1.807, 2.05) is 13.0 Å². The molecule has 0 radical (unpaired) electrons. The van der Waals surface area contributed by atoms with Crippen molar-refractivity contribution in [1.29, 1.82) is 0 Å². The van der Waals surface area contributed by atoms with Gasteiger partial charge in [0.05, 0.1) is 11.5 Å². The molecule has 6 heteroatoms. The molecule has 1 aliphatic rings.